The Kier molecular flexibility index (Phi) is 3.43. The maximum Gasteiger partial charge on any atom is 0.209 e. The molecule has 0 bridgehead atoms. The van der Waals surface area contributed by atoms with E-state index in [1.165, 1.54) is 12.8 Å². The van der Waals surface area contributed by atoms with Crippen LogP contribution < -0.4 is 0 Å². The molecule has 78 valence electrons. The summed E-state index contributed by atoms with van der Waals surface area (Å²) in [5.74, 6) is 1.87. The van der Waals surface area contributed by atoms with E-state index >= 15 is 0 Å². The summed E-state index contributed by atoms with van der Waals surface area (Å²) in [4.78, 5) is 4.04. The number of oxazole rings is 1. The van der Waals surface area contributed by atoms with Crippen LogP contribution in [-0.4, -0.2) is 17.7 Å². The van der Waals surface area contributed by atoms with Crippen LogP contribution in [0.3, 0.4) is 0 Å². The van der Waals surface area contributed by atoms with Gasteiger partial charge in [0, 0.05) is 13.0 Å². The fraction of sp³-hybridized carbons (Fsp3) is 0.700. The zero-order chi connectivity index (χ0) is 9.80. The number of aryl methyl sites for hydroxylation is 1. The van der Waals surface area contributed by atoms with Gasteiger partial charge in [0.05, 0.1) is 18.2 Å². The Hall–Kier alpha value is -0.540. The average Bonchev–Trinajstić information content (AvgIpc) is 2.86. The lowest BCUT2D eigenvalue weighted by Crippen LogP contribution is -2.05. The van der Waals surface area contributed by atoms with Crippen molar-refractivity contribution in [3.8, 4) is 0 Å². The van der Waals surface area contributed by atoms with Crippen LogP contribution in [-0.2, 0) is 17.0 Å². The molecule has 14 heavy (non-hydrogen) atoms. The molecule has 1 saturated heterocycles. The van der Waals surface area contributed by atoms with Crippen molar-refractivity contribution >= 4 is 11.6 Å². The number of hydrogen-bond acceptors (Lipinski definition) is 3. The average molecular weight is 216 g/mol. The molecule has 3 nitrogen and oxygen atoms in total. The minimum absolute atomic E-state index is 0.347. The topological polar surface area (TPSA) is 35.3 Å². The van der Waals surface area contributed by atoms with Crippen molar-refractivity contribution in [2.75, 3.05) is 6.61 Å². The highest BCUT2D eigenvalue weighted by atomic mass is 35.5. The lowest BCUT2D eigenvalue weighted by molar-refractivity contribution is 0.103. The molecule has 2 heterocycles. The zero-order valence-corrected chi connectivity index (χ0v) is 8.79. The van der Waals surface area contributed by atoms with Gasteiger partial charge in [-0.3, -0.25) is 0 Å². The Morgan fingerprint density at radius 1 is 1.57 bits per heavy atom. The van der Waals surface area contributed by atoms with E-state index in [2.05, 4.69) is 4.98 Å². The molecule has 0 N–H and O–H groups in total. The molecule has 1 atom stereocenters. The smallest absolute Gasteiger partial charge is 0.209 e. The second-order valence-corrected chi connectivity index (χ2v) is 3.79. The summed E-state index contributed by atoms with van der Waals surface area (Å²) in [7, 11) is 0. The van der Waals surface area contributed by atoms with E-state index in [1.54, 1.807) is 6.20 Å². The van der Waals surface area contributed by atoms with Crippen molar-refractivity contribution in [3.05, 3.63) is 17.8 Å². The van der Waals surface area contributed by atoms with Crippen LogP contribution >= 0.6 is 11.6 Å². The third kappa shape index (κ3) is 2.49. The predicted molar refractivity (Wildman–Crippen MR) is 53.4 cm³/mol. The van der Waals surface area contributed by atoms with Crippen molar-refractivity contribution in [1.82, 2.24) is 4.98 Å². The molecule has 1 aromatic rings. The van der Waals surface area contributed by atoms with Gasteiger partial charge in [0.25, 0.3) is 0 Å². The van der Waals surface area contributed by atoms with E-state index < -0.39 is 0 Å². The van der Waals surface area contributed by atoms with Gasteiger partial charge in [-0.1, -0.05) is 0 Å². The number of nitrogens with zero attached hydrogens (tertiary/aromatic N) is 1. The van der Waals surface area contributed by atoms with Crippen LogP contribution in [0.25, 0.3) is 0 Å². The fourth-order valence-electron chi connectivity index (χ4n) is 1.70. The minimum atomic E-state index is 0.347. The largest absolute Gasteiger partial charge is 0.444 e. The van der Waals surface area contributed by atoms with Gasteiger partial charge in [-0.25, -0.2) is 4.98 Å². The van der Waals surface area contributed by atoms with Crippen molar-refractivity contribution in [2.24, 2.45) is 0 Å². The van der Waals surface area contributed by atoms with Crippen LogP contribution in [0.15, 0.2) is 10.6 Å². The van der Waals surface area contributed by atoms with Crippen molar-refractivity contribution in [1.29, 1.82) is 0 Å². The zero-order valence-electron chi connectivity index (χ0n) is 8.04. The normalized spacial score (nSPS) is 21.6. The quantitative estimate of drug-likeness (QED) is 0.724. The van der Waals surface area contributed by atoms with Crippen LogP contribution in [0.4, 0.5) is 0 Å². The second-order valence-electron chi connectivity index (χ2n) is 3.53. The van der Waals surface area contributed by atoms with E-state index in [0.29, 0.717) is 17.9 Å². The van der Waals surface area contributed by atoms with Gasteiger partial charge in [0.1, 0.15) is 5.76 Å². The van der Waals surface area contributed by atoms with Crippen molar-refractivity contribution < 1.29 is 9.15 Å². The number of hydrogen-bond donors (Lipinski definition) is 0. The Morgan fingerprint density at radius 3 is 3.14 bits per heavy atom. The third-order valence-corrected chi connectivity index (χ3v) is 2.68. The molecule has 1 unspecified atom stereocenters. The lowest BCUT2D eigenvalue weighted by atomic mass is 10.1. The Balaban J connectivity index is 1.79. The van der Waals surface area contributed by atoms with Crippen LogP contribution in [0.2, 0.25) is 0 Å². The number of halogens is 1. The van der Waals surface area contributed by atoms with Gasteiger partial charge in [-0.15, -0.1) is 11.6 Å². The second kappa shape index (κ2) is 4.80. The molecule has 0 saturated carbocycles. The molecule has 4 heteroatoms. The summed E-state index contributed by atoms with van der Waals surface area (Å²) in [6.07, 6.45) is 6.46. The highest BCUT2D eigenvalue weighted by molar-refractivity contribution is 6.16. The maximum absolute atomic E-state index is 5.59. The SMILES string of the molecule is ClCc1ncc(CCC2CCCO2)o1. The Morgan fingerprint density at radius 2 is 2.50 bits per heavy atom. The molecular formula is C10H14ClNO2. The molecule has 1 aliphatic rings. The molecule has 0 spiro atoms. The number of ether oxygens (including phenoxy) is 1. The van der Waals surface area contributed by atoms with Crippen molar-refractivity contribution in [2.45, 2.75) is 37.7 Å². The molecule has 0 amide bonds. The number of aromatic nitrogens is 1. The maximum atomic E-state index is 5.59. The molecule has 0 radical (unpaired) electrons. The van der Waals surface area contributed by atoms with E-state index in [0.717, 1.165) is 25.2 Å². The van der Waals surface area contributed by atoms with Gasteiger partial charge in [-0.2, -0.15) is 0 Å². The summed E-state index contributed by atoms with van der Waals surface area (Å²) in [5, 5.41) is 0. The number of alkyl halides is 1. The van der Waals surface area contributed by atoms with E-state index in [9.17, 15) is 0 Å². The summed E-state index contributed by atoms with van der Waals surface area (Å²) < 4.78 is 10.9. The van der Waals surface area contributed by atoms with Crippen LogP contribution in [0, 0.1) is 0 Å². The first-order valence-electron chi connectivity index (χ1n) is 4.99. The molecule has 2 rings (SSSR count). The van der Waals surface area contributed by atoms with Crippen LogP contribution in [0.1, 0.15) is 30.9 Å². The molecule has 0 aliphatic carbocycles. The molecule has 1 fully saturated rings. The van der Waals surface area contributed by atoms with E-state index in [4.69, 9.17) is 20.8 Å². The van der Waals surface area contributed by atoms with Crippen molar-refractivity contribution in [3.63, 3.8) is 0 Å². The summed E-state index contributed by atoms with van der Waals surface area (Å²) in [6.45, 7) is 0.911. The monoisotopic (exact) mass is 215 g/mol. The Labute approximate surface area is 88.4 Å². The first kappa shape index (κ1) is 9.99. The van der Waals surface area contributed by atoms with Gasteiger partial charge in [-0.05, 0) is 19.3 Å². The van der Waals surface area contributed by atoms with E-state index in [1.807, 2.05) is 0 Å². The van der Waals surface area contributed by atoms with Gasteiger partial charge in [0.15, 0.2) is 0 Å². The minimum Gasteiger partial charge on any atom is -0.444 e. The highest BCUT2D eigenvalue weighted by Gasteiger charge is 2.15. The van der Waals surface area contributed by atoms with Gasteiger partial charge < -0.3 is 9.15 Å². The molecule has 1 aliphatic heterocycles. The first-order valence-corrected chi connectivity index (χ1v) is 5.53. The lowest BCUT2D eigenvalue weighted by Gasteiger charge is -2.06. The molecule has 1 aromatic heterocycles. The summed E-state index contributed by atoms with van der Waals surface area (Å²) >= 11 is 5.59. The third-order valence-electron chi connectivity index (χ3n) is 2.45. The van der Waals surface area contributed by atoms with E-state index in [-0.39, 0.29) is 0 Å². The fourth-order valence-corrected chi connectivity index (χ4v) is 1.82. The first-order chi connectivity index (χ1) is 6.88. The standard InChI is InChI=1S/C10H14ClNO2/c11-6-10-12-7-9(14-10)4-3-8-2-1-5-13-8/h7-8H,1-6H2. The van der Waals surface area contributed by atoms with Gasteiger partial charge >= 0.3 is 0 Å². The molecule has 0 aromatic carbocycles. The van der Waals surface area contributed by atoms with Gasteiger partial charge in [0.2, 0.25) is 5.89 Å². The predicted octanol–water partition coefficient (Wildman–Crippen LogP) is 2.53. The molecular weight excluding hydrogens is 202 g/mol. The highest BCUT2D eigenvalue weighted by Crippen LogP contribution is 2.18. The van der Waals surface area contributed by atoms with Crippen LogP contribution in [0.5, 0.6) is 0 Å². The summed E-state index contributed by atoms with van der Waals surface area (Å²) in [5.41, 5.74) is 0. The summed E-state index contributed by atoms with van der Waals surface area (Å²) in [6, 6.07) is 0. The Bertz CT molecular complexity index is 281. The number of rotatable bonds is 4.